The van der Waals surface area contributed by atoms with Gasteiger partial charge in [0.2, 0.25) is 5.91 Å². The third-order valence-electron chi connectivity index (χ3n) is 6.15. The molecule has 2 N–H and O–H groups in total. The first-order valence-electron chi connectivity index (χ1n) is 11.1. The maximum atomic E-state index is 12.8. The predicted octanol–water partition coefficient (Wildman–Crippen LogP) is 4.34. The van der Waals surface area contributed by atoms with Crippen LogP contribution in [-0.2, 0) is 11.2 Å². The van der Waals surface area contributed by atoms with Crippen molar-refractivity contribution in [2.24, 2.45) is 5.92 Å². The minimum Gasteiger partial charge on any atom is -0.496 e. The standard InChI is InChI=1S/C25H30N2O4/c1-30-23-11-7-6-10-21(23)25(29)27-20-12-13-22-17(15-20)14-18(16-31-22)24(28)26-19-8-4-2-3-5-9-19/h6-7,10-13,15,18-19H,2-5,8-9,14,16H2,1H3,(H,26,28)(H,27,29). The summed E-state index contributed by atoms with van der Waals surface area (Å²) in [5.41, 5.74) is 2.08. The number of carbonyl (C=O) groups excluding carboxylic acids is 2. The fraction of sp³-hybridized carbons (Fsp3) is 0.440. The van der Waals surface area contributed by atoms with Crippen LogP contribution in [0, 0.1) is 5.92 Å². The van der Waals surface area contributed by atoms with E-state index in [1.807, 2.05) is 24.3 Å². The van der Waals surface area contributed by atoms with Gasteiger partial charge in [-0.3, -0.25) is 9.59 Å². The second-order valence-corrected chi connectivity index (χ2v) is 8.39. The molecule has 1 fully saturated rings. The van der Waals surface area contributed by atoms with Gasteiger partial charge >= 0.3 is 0 Å². The fourth-order valence-corrected chi connectivity index (χ4v) is 4.41. The number of fused-ring (bicyclic) bond motifs is 1. The molecule has 0 radical (unpaired) electrons. The number of nitrogens with one attached hydrogen (secondary N) is 2. The fourth-order valence-electron chi connectivity index (χ4n) is 4.41. The summed E-state index contributed by atoms with van der Waals surface area (Å²) in [7, 11) is 1.54. The molecule has 164 valence electrons. The zero-order chi connectivity index (χ0) is 21.6. The van der Waals surface area contributed by atoms with Gasteiger partial charge in [-0.25, -0.2) is 0 Å². The molecule has 1 heterocycles. The van der Waals surface area contributed by atoms with E-state index in [1.165, 1.54) is 25.7 Å². The average molecular weight is 423 g/mol. The van der Waals surface area contributed by atoms with Crippen molar-refractivity contribution in [2.75, 3.05) is 19.0 Å². The van der Waals surface area contributed by atoms with E-state index in [0.717, 1.165) is 24.2 Å². The molecule has 4 rings (SSSR count). The summed E-state index contributed by atoms with van der Waals surface area (Å²) in [5.74, 6) is 0.916. The van der Waals surface area contributed by atoms with Gasteiger partial charge in [0.15, 0.2) is 0 Å². The van der Waals surface area contributed by atoms with Crippen LogP contribution in [0.1, 0.15) is 54.4 Å². The highest BCUT2D eigenvalue weighted by molar-refractivity contribution is 6.06. The molecule has 2 amide bonds. The van der Waals surface area contributed by atoms with Gasteiger partial charge in [-0.1, -0.05) is 37.8 Å². The maximum absolute atomic E-state index is 12.8. The third kappa shape index (κ3) is 5.19. The van der Waals surface area contributed by atoms with Crippen molar-refractivity contribution in [3.05, 3.63) is 53.6 Å². The highest BCUT2D eigenvalue weighted by Crippen LogP contribution is 2.31. The van der Waals surface area contributed by atoms with Crippen LogP contribution >= 0.6 is 0 Å². The first-order valence-corrected chi connectivity index (χ1v) is 11.1. The van der Waals surface area contributed by atoms with Crippen molar-refractivity contribution in [3.8, 4) is 11.5 Å². The summed E-state index contributed by atoms with van der Waals surface area (Å²) in [5, 5.41) is 6.16. The molecule has 1 atom stereocenters. The van der Waals surface area contributed by atoms with Crippen molar-refractivity contribution in [1.29, 1.82) is 0 Å². The number of methoxy groups -OCH3 is 1. The molecule has 1 aliphatic carbocycles. The van der Waals surface area contributed by atoms with Crippen LogP contribution in [0.2, 0.25) is 0 Å². The third-order valence-corrected chi connectivity index (χ3v) is 6.15. The van der Waals surface area contributed by atoms with E-state index in [2.05, 4.69) is 10.6 Å². The quantitative estimate of drug-likeness (QED) is 0.703. The summed E-state index contributed by atoms with van der Waals surface area (Å²) >= 11 is 0. The average Bonchev–Trinajstić information content (AvgIpc) is 3.07. The zero-order valence-corrected chi connectivity index (χ0v) is 18.0. The molecule has 31 heavy (non-hydrogen) atoms. The summed E-state index contributed by atoms with van der Waals surface area (Å²) in [6, 6.07) is 13.0. The smallest absolute Gasteiger partial charge is 0.259 e. The molecule has 1 saturated carbocycles. The van der Waals surface area contributed by atoms with E-state index in [9.17, 15) is 9.59 Å². The van der Waals surface area contributed by atoms with Gasteiger partial charge < -0.3 is 20.1 Å². The molecule has 0 spiro atoms. The molecule has 0 saturated heterocycles. The maximum Gasteiger partial charge on any atom is 0.259 e. The molecule has 2 aliphatic rings. The number of anilines is 1. The van der Waals surface area contributed by atoms with E-state index in [1.54, 1.807) is 25.3 Å². The van der Waals surface area contributed by atoms with Crippen molar-refractivity contribution < 1.29 is 19.1 Å². The van der Waals surface area contributed by atoms with E-state index < -0.39 is 0 Å². The number of hydrogen-bond donors (Lipinski definition) is 2. The van der Waals surface area contributed by atoms with Crippen molar-refractivity contribution >= 4 is 17.5 Å². The minimum atomic E-state index is -0.239. The monoisotopic (exact) mass is 422 g/mol. The number of hydrogen-bond acceptors (Lipinski definition) is 4. The van der Waals surface area contributed by atoms with Crippen LogP contribution in [0.15, 0.2) is 42.5 Å². The van der Waals surface area contributed by atoms with Gasteiger partial charge in [-0.15, -0.1) is 0 Å². The van der Waals surface area contributed by atoms with Gasteiger partial charge in [0.1, 0.15) is 18.1 Å². The Bertz CT molecular complexity index is 935. The molecular formula is C25H30N2O4. The van der Waals surface area contributed by atoms with E-state index in [4.69, 9.17) is 9.47 Å². The number of ether oxygens (including phenoxy) is 2. The lowest BCUT2D eigenvalue weighted by molar-refractivity contribution is -0.127. The molecule has 1 aliphatic heterocycles. The zero-order valence-electron chi connectivity index (χ0n) is 18.0. The molecule has 0 bridgehead atoms. The van der Waals surface area contributed by atoms with E-state index in [0.29, 0.717) is 30.0 Å². The second kappa shape index (κ2) is 9.86. The Morgan fingerprint density at radius 1 is 1.03 bits per heavy atom. The Balaban J connectivity index is 1.41. The SMILES string of the molecule is COc1ccccc1C(=O)Nc1ccc2c(c1)CC(C(=O)NC1CCCCCC1)CO2. The van der Waals surface area contributed by atoms with Crippen LogP contribution in [0.3, 0.4) is 0 Å². The number of para-hydroxylation sites is 1. The molecule has 1 unspecified atom stereocenters. The van der Waals surface area contributed by atoms with E-state index >= 15 is 0 Å². The van der Waals surface area contributed by atoms with Crippen molar-refractivity contribution in [3.63, 3.8) is 0 Å². The first kappa shape index (κ1) is 21.2. The molecule has 2 aromatic rings. The Labute approximate surface area is 183 Å². The summed E-state index contributed by atoms with van der Waals surface area (Å²) in [4.78, 5) is 25.5. The van der Waals surface area contributed by atoms with Gasteiger partial charge in [-0.2, -0.15) is 0 Å². The number of carbonyl (C=O) groups is 2. The van der Waals surface area contributed by atoms with Gasteiger partial charge in [0, 0.05) is 11.7 Å². The number of rotatable bonds is 5. The Kier molecular flexibility index (Phi) is 6.75. The first-order chi connectivity index (χ1) is 15.1. The molecule has 2 aromatic carbocycles. The summed E-state index contributed by atoms with van der Waals surface area (Å²) < 4.78 is 11.1. The Morgan fingerprint density at radius 3 is 2.58 bits per heavy atom. The highest BCUT2D eigenvalue weighted by atomic mass is 16.5. The van der Waals surface area contributed by atoms with E-state index in [-0.39, 0.29) is 23.8 Å². The summed E-state index contributed by atoms with van der Waals surface area (Å²) in [6.07, 6.45) is 7.62. The van der Waals surface area contributed by atoms with Crippen molar-refractivity contribution in [1.82, 2.24) is 5.32 Å². The van der Waals surface area contributed by atoms with Gasteiger partial charge in [0.05, 0.1) is 18.6 Å². The Hall–Kier alpha value is -3.02. The molecule has 6 heteroatoms. The van der Waals surface area contributed by atoms with Crippen LogP contribution in [0.5, 0.6) is 11.5 Å². The van der Waals surface area contributed by atoms with Gasteiger partial charge in [0.25, 0.3) is 5.91 Å². The number of amides is 2. The lowest BCUT2D eigenvalue weighted by atomic mass is 9.95. The van der Waals surface area contributed by atoms with Crippen molar-refractivity contribution in [2.45, 2.75) is 51.0 Å². The van der Waals surface area contributed by atoms with Crippen LogP contribution < -0.4 is 20.1 Å². The predicted molar refractivity (Wildman–Crippen MR) is 120 cm³/mol. The largest absolute Gasteiger partial charge is 0.496 e. The van der Waals surface area contributed by atoms with Gasteiger partial charge in [-0.05, 0) is 55.2 Å². The summed E-state index contributed by atoms with van der Waals surface area (Å²) in [6.45, 7) is 0.387. The minimum absolute atomic E-state index is 0.0704. The lowest BCUT2D eigenvalue weighted by Gasteiger charge is -2.27. The molecule has 6 nitrogen and oxygen atoms in total. The highest BCUT2D eigenvalue weighted by Gasteiger charge is 2.28. The Morgan fingerprint density at radius 2 is 1.81 bits per heavy atom. The topological polar surface area (TPSA) is 76.7 Å². The second-order valence-electron chi connectivity index (χ2n) is 8.39. The van der Waals surface area contributed by atoms with Crippen LogP contribution in [0.25, 0.3) is 0 Å². The lowest BCUT2D eigenvalue weighted by Crippen LogP contribution is -2.42. The molecular weight excluding hydrogens is 392 g/mol. The molecule has 0 aromatic heterocycles. The normalized spacial score (nSPS) is 18.8. The van der Waals surface area contributed by atoms with Crippen LogP contribution in [0.4, 0.5) is 5.69 Å². The number of benzene rings is 2. The van der Waals surface area contributed by atoms with Crippen LogP contribution in [-0.4, -0.2) is 31.6 Å².